The monoisotopic (exact) mass is 244 g/mol. The summed E-state index contributed by atoms with van der Waals surface area (Å²) in [6.07, 6.45) is 1.21. The highest BCUT2D eigenvalue weighted by molar-refractivity contribution is 7.99. The number of hydrogen-bond donors (Lipinski definition) is 2. The molecule has 0 saturated carbocycles. The van der Waals surface area contributed by atoms with E-state index in [1.165, 1.54) is 17.9 Å². The fourth-order valence-electron chi connectivity index (χ4n) is 2.11. The minimum atomic E-state index is -0.536. The number of nitrogens with one attached hydrogen (secondary N) is 1. The molecule has 0 aliphatic carbocycles. The number of amides is 1. The van der Waals surface area contributed by atoms with Gasteiger partial charge in [0, 0.05) is 12.6 Å². The Kier molecular flexibility index (Phi) is 3.77. The van der Waals surface area contributed by atoms with Crippen molar-refractivity contribution in [1.29, 1.82) is 0 Å². The quantitative estimate of drug-likeness (QED) is 0.745. The predicted octanol–water partition coefficient (Wildman–Crippen LogP) is 0.220. The lowest BCUT2D eigenvalue weighted by atomic mass is 9.84. The molecule has 1 amide bonds. The average Bonchev–Trinajstić information content (AvgIpc) is 2.87. The van der Waals surface area contributed by atoms with Crippen LogP contribution in [0.2, 0.25) is 0 Å². The van der Waals surface area contributed by atoms with Crippen LogP contribution in [0.25, 0.3) is 0 Å². The molecule has 4 nitrogen and oxygen atoms in total. The van der Waals surface area contributed by atoms with Crippen LogP contribution in [0.3, 0.4) is 0 Å². The van der Waals surface area contributed by atoms with E-state index >= 15 is 0 Å². The zero-order valence-corrected chi connectivity index (χ0v) is 10.5. The summed E-state index contributed by atoms with van der Waals surface area (Å²) >= 11 is 1.97. The van der Waals surface area contributed by atoms with Gasteiger partial charge in [-0.05, 0) is 30.8 Å². The molecule has 3 atom stereocenters. The van der Waals surface area contributed by atoms with E-state index in [4.69, 9.17) is 10.5 Å². The molecule has 2 saturated heterocycles. The Morgan fingerprint density at radius 1 is 1.69 bits per heavy atom. The summed E-state index contributed by atoms with van der Waals surface area (Å²) in [5.74, 6) is 3.07. The zero-order chi connectivity index (χ0) is 11.6. The van der Waals surface area contributed by atoms with Gasteiger partial charge in [0.2, 0.25) is 5.91 Å². The van der Waals surface area contributed by atoms with Crippen molar-refractivity contribution < 1.29 is 9.53 Å². The molecule has 0 aromatic carbocycles. The second-order valence-corrected chi connectivity index (χ2v) is 6.13. The fourth-order valence-corrected chi connectivity index (χ4v) is 3.39. The Morgan fingerprint density at radius 3 is 3.06 bits per heavy atom. The molecule has 0 bridgehead atoms. The molecule has 0 aromatic heterocycles. The van der Waals surface area contributed by atoms with Crippen LogP contribution in [0, 0.1) is 11.3 Å². The number of ether oxygens (including phenoxy) is 1. The maximum atomic E-state index is 12.1. The summed E-state index contributed by atoms with van der Waals surface area (Å²) in [4.78, 5) is 12.1. The van der Waals surface area contributed by atoms with Gasteiger partial charge in [0.05, 0.1) is 18.6 Å². The van der Waals surface area contributed by atoms with Crippen molar-refractivity contribution in [3.63, 3.8) is 0 Å². The smallest absolute Gasteiger partial charge is 0.229 e. The van der Waals surface area contributed by atoms with Crippen molar-refractivity contribution in [3.05, 3.63) is 0 Å². The summed E-state index contributed by atoms with van der Waals surface area (Å²) in [5.41, 5.74) is 5.37. The number of rotatable bonds is 3. The summed E-state index contributed by atoms with van der Waals surface area (Å²) in [7, 11) is 0. The number of nitrogens with two attached hydrogens (primary N) is 1. The normalized spacial score (nSPS) is 38.9. The predicted molar refractivity (Wildman–Crippen MR) is 65.3 cm³/mol. The second-order valence-electron chi connectivity index (χ2n) is 4.98. The van der Waals surface area contributed by atoms with Crippen molar-refractivity contribution in [2.75, 3.05) is 31.3 Å². The standard InChI is InChI=1S/C11H20N2O2S/c1-11(7-15-5-9(11)12)10(14)13-4-8-2-3-16-6-8/h8-9H,2-7,12H2,1H3,(H,13,14). The molecule has 16 heavy (non-hydrogen) atoms. The van der Waals surface area contributed by atoms with Crippen LogP contribution in [0.4, 0.5) is 0 Å². The highest BCUT2D eigenvalue weighted by Crippen LogP contribution is 2.28. The van der Waals surface area contributed by atoms with Crippen LogP contribution < -0.4 is 11.1 Å². The molecule has 3 N–H and O–H groups in total. The minimum Gasteiger partial charge on any atom is -0.379 e. The highest BCUT2D eigenvalue weighted by atomic mass is 32.2. The fraction of sp³-hybridized carbons (Fsp3) is 0.909. The van der Waals surface area contributed by atoms with Crippen molar-refractivity contribution in [2.45, 2.75) is 19.4 Å². The lowest BCUT2D eigenvalue weighted by Gasteiger charge is -2.26. The zero-order valence-electron chi connectivity index (χ0n) is 9.70. The van der Waals surface area contributed by atoms with Gasteiger partial charge in [-0.1, -0.05) is 0 Å². The topological polar surface area (TPSA) is 64.3 Å². The molecule has 0 aromatic rings. The van der Waals surface area contributed by atoms with Gasteiger partial charge in [0.25, 0.3) is 0 Å². The maximum Gasteiger partial charge on any atom is 0.229 e. The SMILES string of the molecule is CC1(C(=O)NCC2CCSC2)COCC1N. The van der Waals surface area contributed by atoms with E-state index in [0.29, 0.717) is 19.1 Å². The van der Waals surface area contributed by atoms with Crippen LogP contribution >= 0.6 is 11.8 Å². The third-order valence-electron chi connectivity index (χ3n) is 3.61. The molecule has 2 fully saturated rings. The number of hydrogen-bond acceptors (Lipinski definition) is 4. The first-order chi connectivity index (χ1) is 7.63. The largest absolute Gasteiger partial charge is 0.379 e. The van der Waals surface area contributed by atoms with Crippen LogP contribution in [-0.2, 0) is 9.53 Å². The molecule has 0 spiro atoms. The summed E-state index contributed by atoms with van der Waals surface area (Å²) in [6, 6.07) is -0.176. The lowest BCUT2D eigenvalue weighted by Crippen LogP contribution is -2.50. The van der Waals surface area contributed by atoms with Crippen molar-refractivity contribution in [2.24, 2.45) is 17.1 Å². The van der Waals surface area contributed by atoms with Gasteiger partial charge in [-0.25, -0.2) is 0 Å². The molecule has 92 valence electrons. The van der Waals surface area contributed by atoms with E-state index < -0.39 is 5.41 Å². The molecular formula is C11H20N2O2S. The van der Waals surface area contributed by atoms with E-state index in [0.717, 1.165) is 6.54 Å². The van der Waals surface area contributed by atoms with Gasteiger partial charge < -0.3 is 15.8 Å². The van der Waals surface area contributed by atoms with Gasteiger partial charge in [-0.15, -0.1) is 0 Å². The van der Waals surface area contributed by atoms with Crippen LogP contribution in [-0.4, -0.2) is 43.2 Å². The third-order valence-corrected chi connectivity index (χ3v) is 4.84. The molecule has 2 aliphatic rings. The molecule has 2 aliphatic heterocycles. The van der Waals surface area contributed by atoms with Crippen molar-refractivity contribution >= 4 is 17.7 Å². The van der Waals surface area contributed by atoms with E-state index in [9.17, 15) is 4.79 Å². The van der Waals surface area contributed by atoms with Gasteiger partial charge in [-0.3, -0.25) is 4.79 Å². The number of thioether (sulfide) groups is 1. The molecule has 2 rings (SSSR count). The summed E-state index contributed by atoms with van der Waals surface area (Å²) < 4.78 is 5.28. The second kappa shape index (κ2) is 4.94. The van der Waals surface area contributed by atoms with E-state index in [1.807, 2.05) is 18.7 Å². The molecule has 5 heteroatoms. The summed E-state index contributed by atoms with van der Waals surface area (Å²) in [5, 5.41) is 3.03. The van der Waals surface area contributed by atoms with Crippen LogP contribution in [0.1, 0.15) is 13.3 Å². The van der Waals surface area contributed by atoms with Gasteiger partial charge in [0.1, 0.15) is 0 Å². The first kappa shape index (κ1) is 12.2. The number of carbonyl (C=O) groups excluding carboxylic acids is 1. The third kappa shape index (κ3) is 2.36. The molecular weight excluding hydrogens is 224 g/mol. The van der Waals surface area contributed by atoms with Crippen LogP contribution in [0.15, 0.2) is 0 Å². The Bertz CT molecular complexity index is 269. The van der Waals surface area contributed by atoms with Crippen LogP contribution in [0.5, 0.6) is 0 Å². The maximum absolute atomic E-state index is 12.1. The van der Waals surface area contributed by atoms with Crippen molar-refractivity contribution in [3.8, 4) is 0 Å². The first-order valence-electron chi connectivity index (χ1n) is 5.82. The number of carbonyl (C=O) groups is 1. The molecule has 3 unspecified atom stereocenters. The van der Waals surface area contributed by atoms with Gasteiger partial charge in [0.15, 0.2) is 0 Å². The Hall–Kier alpha value is -0.260. The highest BCUT2D eigenvalue weighted by Gasteiger charge is 2.44. The van der Waals surface area contributed by atoms with Gasteiger partial charge >= 0.3 is 0 Å². The lowest BCUT2D eigenvalue weighted by molar-refractivity contribution is -0.130. The average molecular weight is 244 g/mol. The Balaban J connectivity index is 1.82. The van der Waals surface area contributed by atoms with Crippen molar-refractivity contribution in [1.82, 2.24) is 5.32 Å². The van der Waals surface area contributed by atoms with E-state index in [-0.39, 0.29) is 11.9 Å². The Labute approximate surface area is 101 Å². The molecule has 2 heterocycles. The summed E-state index contributed by atoms with van der Waals surface area (Å²) in [6.45, 7) is 3.61. The van der Waals surface area contributed by atoms with Gasteiger partial charge in [-0.2, -0.15) is 11.8 Å². The minimum absolute atomic E-state index is 0.0504. The molecule has 0 radical (unpaired) electrons. The Morgan fingerprint density at radius 2 is 2.50 bits per heavy atom. The van der Waals surface area contributed by atoms with E-state index in [2.05, 4.69) is 5.32 Å². The first-order valence-corrected chi connectivity index (χ1v) is 6.98. The van der Waals surface area contributed by atoms with E-state index in [1.54, 1.807) is 0 Å².